The lowest BCUT2D eigenvalue weighted by Crippen LogP contribution is -2.34. The molecule has 2 atom stereocenters. The lowest BCUT2D eigenvalue weighted by Gasteiger charge is -2.21. The number of benzene rings is 1. The number of sulfonamides is 1. The van der Waals surface area contributed by atoms with E-state index in [1.54, 1.807) is 29.4 Å². The maximum absolute atomic E-state index is 12.7. The van der Waals surface area contributed by atoms with Crippen LogP contribution in [0.5, 0.6) is 0 Å². The predicted molar refractivity (Wildman–Crippen MR) is 78.2 cm³/mol. The fourth-order valence-electron chi connectivity index (χ4n) is 2.77. The molecule has 0 bridgehead atoms. The van der Waals surface area contributed by atoms with E-state index in [0.29, 0.717) is 24.4 Å². The van der Waals surface area contributed by atoms with E-state index < -0.39 is 10.0 Å². The average molecular weight is 295 g/mol. The summed E-state index contributed by atoms with van der Waals surface area (Å²) in [5.41, 5.74) is 0.466. The van der Waals surface area contributed by atoms with Gasteiger partial charge in [0, 0.05) is 24.6 Å². The van der Waals surface area contributed by atoms with Crippen LogP contribution in [0.2, 0.25) is 0 Å². The summed E-state index contributed by atoms with van der Waals surface area (Å²) < 4.78 is 26.9. The number of rotatable bonds is 4. The Morgan fingerprint density at radius 2 is 2.05 bits per heavy atom. The molecule has 5 heteroatoms. The quantitative estimate of drug-likeness (QED) is 0.803. The van der Waals surface area contributed by atoms with Gasteiger partial charge in [-0.15, -0.1) is 0 Å². The number of ketones is 1. The molecular weight excluding hydrogens is 274 g/mol. The van der Waals surface area contributed by atoms with Crippen LogP contribution >= 0.6 is 0 Å². The van der Waals surface area contributed by atoms with E-state index >= 15 is 0 Å². The SMILES string of the molecule is CCC(=O)c1cccc(S(=O)(=O)N2CC(C)CC2C)c1. The van der Waals surface area contributed by atoms with Crippen molar-refractivity contribution < 1.29 is 13.2 Å². The minimum atomic E-state index is -3.50. The second-order valence-corrected chi connectivity index (χ2v) is 7.46. The first-order valence-corrected chi connectivity index (χ1v) is 8.45. The third kappa shape index (κ3) is 2.79. The van der Waals surface area contributed by atoms with Crippen LogP contribution in [0.25, 0.3) is 0 Å². The monoisotopic (exact) mass is 295 g/mol. The first-order chi connectivity index (χ1) is 9.36. The number of Topliss-reactive ketones (excluding diaryl/α,β-unsaturated/α-hetero) is 1. The van der Waals surface area contributed by atoms with E-state index in [0.717, 1.165) is 6.42 Å². The summed E-state index contributed by atoms with van der Waals surface area (Å²) in [6.07, 6.45) is 1.26. The summed E-state index contributed by atoms with van der Waals surface area (Å²) in [6.45, 7) is 6.31. The summed E-state index contributed by atoms with van der Waals surface area (Å²) in [7, 11) is -3.50. The van der Waals surface area contributed by atoms with Gasteiger partial charge in [-0.3, -0.25) is 4.79 Å². The smallest absolute Gasteiger partial charge is 0.243 e. The minimum absolute atomic E-state index is 0.0144. The van der Waals surface area contributed by atoms with Crippen molar-refractivity contribution >= 4 is 15.8 Å². The molecule has 1 fully saturated rings. The average Bonchev–Trinajstić information content (AvgIpc) is 2.77. The molecule has 1 heterocycles. The largest absolute Gasteiger partial charge is 0.294 e. The number of nitrogens with zero attached hydrogens (tertiary/aromatic N) is 1. The molecule has 2 rings (SSSR count). The third-order valence-corrected chi connectivity index (χ3v) is 5.79. The topological polar surface area (TPSA) is 54.5 Å². The van der Waals surface area contributed by atoms with Gasteiger partial charge in [0.15, 0.2) is 5.78 Å². The van der Waals surface area contributed by atoms with Gasteiger partial charge in [-0.05, 0) is 31.4 Å². The van der Waals surface area contributed by atoms with Crippen molar-refractivity contribution in [2.45, 2.75) is 44.6 Å². The highest BCUT2D eigenvalue weighted by Crippen LogP contribution is 2.29. The second-order valence-electron chi connectivity index (χ2n) is 5.57. The molecule has 0 aliphatic carbocycles. The summed E-state index contributed by atoms with van der Waals surface area (Å²) in [4.78, 5) is 11.9. The molecule has 0 N–H and O–H groups in total. The Labute approximate surface area is 120 Å². The molecule has 1 aliphatic heterocycles. The highest BCUT2D eigenvalue weighted by Gasteiger charge is 2.36. The van der Waals surface area contributed by atoms with Crippen LogP contribution in [0.15, 0.2) is 29.2 Å². The van der Waals surface area contributed by atoms with Gasteiger partial charge in [-0.2, -0.15) is 4.31 Å². The van der Waals surface area contributed by atoms with Crippen LogP contribution in [-0.4, -0.2) is 31.1 Å². The molecule has 1 saturated heterocycles. The number of hydrogen-bond donors (Lipinski definition) is 0. The number of hydrogen-bond acceptors (Lipinski definition) is 3. The molecule has 1 aromatic carbocycles. The van der Waals surface area contributed by atoms with Crippen LogP contribution in [0.1, 0.15) is 44.0 Å². The van der Waals surface area contributed by atoms with Gasteiger partial charge in [-0.25, -0.2) is 8.42 Å². The first kappa shape index (κ1) is 15.2. The Kier molecular flexibility index (Phi) is 4.30. The molecule has 1 aliphatic rings. The summed E-state index contributed by atoms with van der Waals surface area (Å²) in [5.74, 6) is 0.338. The highest BCUT2D eigenvalue weighted by atomic mass is 32.2. The molecule has 110 valence electrons. The minimum Gasteiger partial charge on any atom is -0.294 e. The maximum Gasteiger partial charge on any atom is 0.243 e. The van der Waals surface area contributed by atoms with Gasteiger partial charge in [0.25, 0.3) is 0 Å². The van der Waals surface area contributed by atoms with Crippen molar-refractivity contribution in [1.29, 1.82) is 0 Å². The van der Waals surface area contributed by atoms with E-state index in [1.807, 2.05) is 6.92 Å². The lowest BCUT2D eigenvalue weighted by atomic mass is 10.1. The van der Waals surface area contributed by atoms with Crippen molar-refractivity contribution in [2.75, 3.05) is 6.54 Å². The predicted octanol–water partition coefficient (Wildman–Crippen LogP) is 2.70. The zero-order chi connectivity index (χ0) is 14.9. The van der Waals surface area contributed by atoms with E-state index in [1.165, 1.54) is 6.07 Å². The van der Waals surface area contributed by atoms with Crippen molar-refractivity contribution in [3.8, 4) is 0 Å². The van der Waals surface area contributed by atoms with Crippen LogP contribution in [0.3, 0.4) is 0 Å². The fourth-order valence-corrected chi connectivity index (χ4v) is 4.57. The van der Waals surface area contributed by atoms with Gasteiger partial charge in [-0.1, -0.05) is 26.0 Å². The molecule has 2 unspecified atom stereocenters. The Balaban J connectivity index is 2.37. The highest BCUT2D eigenvalue weighted by molar-refractivity contribution is 7.89. The third-order valence-electron chi connectivity index (χ3n) is 3.81. The Hall–Kier alpha value is -1.20. The van der Waals surface area contributed by atoms with Gasteiger partial charge in [0.2, 0.25) is 10.0 Å². The first-order valence-electron chi connectivity index (χ1n) is 7.01. The van der Waals surface area contributed by atoms with Crippen molar-refractivity contribution in [1.82, 2.24) is 4.31 Å². The fraction of sp³-hybridized carbons (Fsp3) is 0.533. The van der Waals surface area contributed by atoms with Gasteiger partial charge >= 0.3 is 0 Å². The zero-order valence-electron chi connectivity index (χ0n) is 12.2. The molecule has 4 nitrogen and oxygen atoms in total. The van der Waals surface area contributed by atoms with Crippen LogP contribution in [-0.2, 0) is 10.0 Å². The van der Waals surface area contributed by atoms with Gasteiger partial charge in [0.05, 0.1) is 4.90 Å². The summed E-state index contributed by atoms with van der Waals surface area (Å²) >= 11 is 0. The molecule has 0 amide bonds. The number of carbonyl (C=O) groups is 1. The van der Waals surface area contributed by atoms with E-state index in [2.05, 4.69) is 6.92 Å². The Morgan fingerprint density at radius 1 is 1.35 bits per heavy atom. The summed E-state index contributed by atoms with van der Waals surface area (Å²) in [5, 5.41) is 0. The Bertz CT molecular complexity index is 609. The molecule has 1 aromatic rings. The summed E-state index contributed by atoms with van der Waals surface area (Å²) in [6, 6.07) is 6.38. The van der Waals surface area contributed by atoms with E-state index in [-0.39, 0.29) is 16.7 Å². The van der Waals surface area contributed by atoms with E-state index in [4.69, 9.17) is 0 Å². The molecule has 0 saturated carbocycles. The normalized spacial score (nSPS) is 23.9. The van der Waals surface area contributed by atoms with Crippen LogP contribution < -0.4 is 0 Å². The Morgan fingerprint density at radius 3 is 2.60 bits per heavy atom. The maximum atomic E-state index is 12.7. The second kappa shape index (κ2) is 5.66. The van der Waals surface area contributed by atoms with Gasteiger partial charge < -0.3 is 0 Å². The molecular formula is C15H21NO3S. The van der Waals surface area contributed by atoms with E-state index in [9.17, 15) is 13.2 Å². The van der Waals surface area contributed by atoms with Gasteiger partial charge in [0.1, 0.15) is 0 Å². The molecule has 0 spiro atoms. The van der Waals surface area contributed by atoms with Crippen LogP contribution in [0, 0.1) is 5.92 Å². The van der Waals surface area contributed by atoms with Crippen molar-refractivity contribution in [3.63, 3.8) is 0 Å². The molecule has 20 heavy (non-hydrogen) atoms. The standard InChI is InChI=1S/C15H21NO3S/c1-4-15(17)13-6-5-7-14(9-13)20(18,19)16-10-11(2)8-12(16)3/h5-7,9,11-12H,4,8,10H2,1-3H3. The number of carbonyl (C=O) groups excluding carboxylic acids is 1. The molecule has 0 radical (unpaired) electrons. The zero-order valence-corrected chi connectivity index (χ0v) is 13.0. The molecule has 0 aromatic heterocycles. The van der Waals surface area contributed by atoms with Crippen molar-refractivity contribution in [2.24, 2.45) is 5.92 Å². The van der Waals surface area contributed by atoms with Crippen LogP contribution in [0.4, 0.5) is 0 Å². The van der Waals surface area contributed by atoms with Crippen molar-refractivity contribution in [3.05, 3.63) is 29.8 Å². The lowest BCUT2D eigenvalue weighted by molar-refractivity contribution is 0.0988.